The van der Waals surface area contributed by atoms with Crippen molar-refractivity contribution in [3.8, 4) is 0 Å². The number of nitrogens with zero attached hydrogens (tertiary/aromatic N) is 3. The lowest BCUT2D eigenvalue weighted by molar-refractivity contribution is -0.115. The van der Waals surface area contributed by atoms with Gasteiger partial charge in [0, 0.05) is 24.3 Å². The largest absolute Gasteiger partial charge is 0.341 e. The lowest BCUT2D eigenvalue weighted by atomic mass is 9.91. The Morgan fingerprint density at radius 1 is 1.23 bits per heavy atom. The Kier molecular flexibility index (Phi) is 6.69. The van der Waals surface area contributed by atoms with E-state index in [-0.39, 0.29) is 11.1 Å². The predicted octanol–water partition coefficient (Wildman–Crippen LogP) is 4.69. The minimum Gasteiger partial charge on any atom is -0.341 e. The molecule has 1 aromatic heterocycles. The normalized spacial score (nSPS) is 18.8. The lowest BCUT2D eigenvalue weighted by Crippen LogP contribution is -2.35. The van der Waals surface area contributed by atoms with E-state index in [1.54, 1.807) is 18.3 Å². The highest BCUT2D eigenvalue weighted by Gasteiger charge is 2.25. The van der Waals surface area contributed by atoms with Crippen LogP contribution in [-0.2, 0) is 11.2 Å². The number of thioether (sulfide) groups is 1. The average Bonchev–Trinajstić information content (AvgIpc) is 3.05. The molecule has 1 N–H and O–H groups in total. The highest BCUT2D eigenvalue weighted by Crippen LogP contribution is 2.27. The number of imide groups is 1. The molecule has 2 aliphatic heterocycles. The van der Waals surface area contributed by atoms with E-state index in [2.05, 4.69) is 26.3 Å². The third-order valence-corrected chi connectivity index (χ3v) is 6.50. The van der Waals surface area contributed by atoms with E-state index < -0.39 is 0 Å². The number of halogens is 1. The number of anilines is 1. The second-order valence-corrected chi connectivity index (χ2v) is 9.04. The van der Waals surface area contributed by atoms with Crippen molar-refractivity contribution >= 4 is 46.5 Å². The predicted molar refractivity (Wildman–Crippen MR) is 120 cm³/mol. The number of nitrogens with one attached hydrogen (secondary N) is 1. The number of hydrogen-bond donors (Lipinski definition) is 1. The summed E-state index contributed by atoms with van der Waals surface area (Å²) in [4.78, 5) is 34.6. The zero-order valence-electron chi connectivity index (χ0n) is 16.5. The molecule has 6 nitrogen and oxygen atoms in total. The first-order valence-electron chi connectivity index (χ1n) is 10.1. The molecule has 0 unspecified atom stereocenters. The van der Waals surface area contributed by atoms with Gasteiger partial charge < -0.3 is 4.90 Å². The van der Waals surface area contributed by atoms with Gasteiger partial charge in [0.2, 0.25) is 5.95 Å². The van der Waals surface area contributed by atoms with E-state index in [0.717, 1.165) is 55.1 Å². The molecule has 2 aromatic rings. The van der Waals surface area contributed by atoms with Crippen molar-refractivity contribution in [2.45, 2.75) is 32.1 Å². The van der Waals surface area contributed by atoms with Gasteiger partial charge >= 0.3 is 0 Å². The number of amides is 2. The Morgan fingerprint density at radius 3 is 2.80 bits per heavy atom. The molecule has 8 heteroatoms. The van der Waals surface area contributed by atoms with Crippen molar-refractivity contribution in [3.63, 3.8) is 0 Å². The van der Waals surface area contributed by atoms with Gasteiger partial charge in [-0.1, -0.05) is 23.7 Å². The van der Waals surface area contributed by atoms with Gasteiger partial charge in [0.1, 0.15) is 0 Å². The SMILES string of the molecule is O=C1NC(=O)/C(=C/c2ccnc(N3CCC(CCCc4cccc(Cl)c4)CC3)n2)S1. The molecule has 2 saturated heterocycles. The van der Waals surface area contributed by atoms with Crippen LogP contribution in [0.25, 0.3) is 6.08 Å². The molecule has 2 aliphatic rings. The summed E-state index contributed by atoms with van der Waals surface area (Å²) in [6.45, 7) is 1.85. The molecular formula is C22H23ClN4O2S. The lowest BCUT2D eigenvalue weighted by Gasteiger charge is -2.32. The number of benzene rings is 1. The van der Waals surface area contributed by atoms with Crippen LogP contribution < -0.4 is 10.2 Å². The van der Waals surface area contributed by atoms with Crippen molar-refractivity contribution in [1.29, 1.82) is 0 Å². The van der Waals surface area contributed by atoms with Crippen LogP contribution >= 0.6 is 23.4 Å². The number of aromatic nitrogens is 2. The quantitative estimate of drug-likeness (QED) is 0.654. The van der Waals surface area contributed by atoms with Gasteiger partial charge in [-0.25, -0.2) is 9.97 Å². The molecule has 0 saturated carbocycles. The van der Waals surface area contributed by atoms with Gasteiger partial charge in [-0.3, -0.25) is 14.9 Å². The first kappa shape index (κ1) is 20.9. The molecule has 0 bridgehead atoms. The summed E-state index contributed by atoms with van der Waals surface area (Å²) in [6, 6.07) is 9.85. The van der Waals surface area contributed by atoms with Crippen molar-refractivity contribution in [2.75, 3.05) is 18.0 Å². The summed E-state index contributed by atoms with van der Waals surface area (Å²) in [6.07, 6.45) is 9.03. The van der Waals surface area contributed by atoms with E-state index in [1.165, 1.54) is 18.4 Å². The minimum atomic E-state index is -0.372. The summed E-state index contributed by atoms with van der Waals surface area (Å²) in [7, 11) is 0. The Labute approximate surface area is 185 Å². The van der Waals surface area contributed by atoms with E-state index in [1.807, 2.05) is 18.2 Å². The maximum absolute atomic E-state index is 11.7. The van der Waals surface area contributed by atoms with Gasteiger partial charge in [0.25, 0.3) is 11.1 Å². The highest BCUT2D eigenvalue weighted by molar-refractivity contribution is 8.18. The number of rotatable bonds is 6. The Morgan fingerprint density at radius 2 is 2.07 bits per heavy atom. The van der Waals surface area contributed by atoms with Crippen LogP contribution in [0.2, 0.25) is 5.02 Å². The number of hydrogen-bond acceptors (Lipinski definition) is 6. The second-order valence-electron chi connectivity index (χ2n) is 7.59. The van der Waals surface area contributed by atoms with Gasteiger partial charge in [-0.15, -0.1) is 0 Å². The molecular weight excluding hydrogens is 420 g/mol. The number of piperidine rings is 1. The summed E-state index contributed by atoms with van der Waals surface area (Å²) in [5.41, 5.74) is 1.94. The third-order valence-electron chi connectivity index (χ3n) is 5.45. The van der Waals surface area contributed by atoms with E-state index in [9.17, 15) is 9.59 Å². The first-order chi connectivity index (χ1) is 14.6. The third kappa shape index (κ3) is 5.40. The van der Waals surface area contributed by atoms with E-state index in [0.29, 0.717) is 16.5 Å². The number of carbonyl (C=O) groups is 2. The van der Waals surface area contributed by atoms with E-state index in [4.69, 9.17) is 11.6 Å². The van der Waals surface area contributed by atoms with Crippen LogP contribution in [0.5, 0.6) is 0 Å². The maximum atomic E-state index is 11.7. The topological polar surface area (TPSA) is 75.2 Å². The smallest absolute Gasteiger partial charge is 0.290 e. The summed E-state index contributed by atoms with van der Waals surface area (Å²) < 4.78 is 0. The molecule has 156 valence electrons. The van der Waals surface area contributed by atoms with Crippen LogP contribution in [0, 0.1) is 5.92 Å². The fraction of sp³-hybridized carbons (Fsp3) is 0.364. The van der Waals surface area contributed by atoms with Crippen LogP contribution in [0.4, 0.5) is 10.7 Å². The molecule has 0 radical (unpaired) electrons. The van der Waals surface area contributed by atoms with Gasteiger partial charge in [-0.2, -0.15) is 0 Å². The van der Waals surface area contributed by atoms with Crippen LogP contribution in [0.1, 0.15) is 36.9 Å². The monoisotopic (exact) mass is 442 g/mol. The van der Waals surface area contributed by atoms with Gasteiger partial charge in [-0.05, 0) is 79.6 Å². The second kappa shape index (κ2) is 9.62. The zero-order chi connectivity index (χ0) is 20.9. The molecule has 4 rings (SSSR count). The van der Waals surface area contributed by atoms with Gasteiger partial charge in [0.05, 0.1) is 10.6 Å². The molecule has 2 amide bonds. The van der Waals surface area contributed by atoms with E-state index >= 15 is 0 Å². The van der Waals surface area contributed by atoms with Crippen molar-refractivity contribution < 1.29 is 9.59 Å². The highest BCUT2D eigenvalue weighted by atomic mass is 35.5. The van der Waals surface area contributed by atoms with Gasteiger partial charge in [0.15, 0.2) is 0 Å². The van der Waals surface area contributed by atoms with Crippen molar-refractivity contribution in [1.82, 2.24) is 15.3 Å². The molecule has 0 spiro atoms. The van der Waals surface area contributed by atoms with Crippen LogP contribution in [0.15, 0.2) is 41.4 Å². The summed E-state index contributed by atoms with van der Waals surface area (Å²) in [5, 5.41) is 2.71. The first-order valence-corrected chi connectivity index (χ1v) is 11.3. The van der Waals surface area contributed by atoms with Crippen LogP contribution in [-0.4, -0.2) is 34.2 Å². The molecule has 0 atom stereocenters. The Bertz CT molecular complexity index is 973. The van der Waals surface area contributed by atoms with Crippen LogP contribution in [0.3, 0.4) is 0 Å². The fourth-order valence-corrected chi connectivity index (χ4v) is 4.74. The summed E-state index contributed by atoms with van der Waals surface area (Å²) >= 11 is 6.96. The standard InChI is InChI=1S/C22H23ClN4O2S/c23-17-6-2-5-16(13-17)4-1-3-15-8-11-27(12-9-15)21-24-10-7-18(25-21)14-19-20(28)26-22(29)30-19/h2,5-7,10,13-15H,1,3-4,8-9,11-12H2,(H,26,28,29)/b19-14-. The average molecular weight is 443 g/mol. The Hall–Kier alpha value is -2.38. The Balaban J connectivity index is 1.28. The molecule has 30 heavy (non-hydrogen) atoms. The maximum Gasteiger partial charge on any atom is 0.290 e. The number of aryl methyl sites for hydroxylation is 1. The summed E-state index contributed by atoms with van der Waals surface area (Å²) in [5.74, 6) is 1.02. The molecule has 2 fully saturated rings. The number of carbonyl (C=O) groups excluding carboxylic acids is 2. The molecule has 3 heterocycles. The molecule has 1 aromatic carbocycles. The minimum absolute atomic E-state index is 0.349. The van der Waals surface area contributed by atoms with Crippen molar-refractivity contribution in [3.05, 3.63) is 57.7 Å². The fourth-order valence-electron chi connectivity index (χ4n) is 3.86. The van der Waals surface area contributed by atoms with Crippen molar-refractivity contribution in [2.24, 2.45) is 5.92 Å². The zero-order valence-corrected chi connectivity index (χ0v) is 18.1. The molecule has 0 aliphatic carbocycles.